The van der Waals surface area contributed by atoms with Crippen molar-refractivity contribution in [3.05, 3.63) is 47.5 Å². The zero-order chi connectivity index (χ0) is 21.5. The topological polar surface area (TPSA) is 82.1 Å². The molecule has 7 nitrogen and oxygen atoms in total. The summed E-state index contributed by atoms with van der Waals surface area (Å²) in [6.07, 6.45) is 3.94. The molecule has 7 heteroatoms. The van der Waals surface area contributed by atoms with Crippen LogP contribution in [0.25, 0.3) is 0 Å². The third-order valence-electron chi connectivity index (χ3n) is 5.87. The third kappa shape index (κ3) is 5.40. The summed E-state index contributed by atoms with van der Waals surface area (Å²) in [6, 6.07) is 8.91. The van der Waals surface area contributed by atoms with Gasteiger partial charge in [-0.1, -0.05) is 35.9 Å². The Kier molecular flexibility index (Phi) is 7.49. The number of rotatable bonds is 5. The van der Waals surface area contributed by atoms with Gasteiger partial charge in [0, 0.05) is 12.6 Å². The van der Waals surface area contributed by atoms with Crippen LogP contribution in [-0.4, -0.2) is 49.2 Å². The maximum atomic E-state index is 12.4. The zero-order valence-electron chi connectivity index (χ0n) is 17.5. The molecule has 162 valence electrons. The predicted molar refractivity (Wildman–Crippen MR) is 109 cm³/mol. The van der Waals surface area contributed by atoms with E-state index < -0.39 is 18.1 Å². The minimum absolute atomic E-state index is 0.210. The van der Waals surface area contributed by atoms with Crippen molar-refractivity contribution in [2.45, 2.75) is 45.3 Å². The van der Waals surface area contributed by atoms with Crippen molar-refractivity contribution in [3.8, 4) is 0 Å². The highest BCUT2D eigenvalue weighted by Gasteiger charge is 2.43. The Morgan fingerprint density at radius 2 is 1.90 bits per heavy atom. The number of benzene rings is 1. The molecule has 2 fully saturated rings. The Bertz CT molecular complexity index is 790. The zero-order valence-corrected chi connectivity index (χ0v) is 17.5. The number of allylic oxidation sites excluding steroid dienone is 1. The minimum atomic E-state index is -0.650. The van der Waals surface area contributed by atoms with E-state index in [0.29, 0.717) is 13.0 Å². The number of amides is 1. The fraction of sp³-hybridized carbons (Fsp3) is 0.522. The number of likely N-dealkylation sites (tertiary alicyclic amines) is 1. The molecule has 0 spiro atoms. The number of piperidine rings is 1. The van der Waals surface area contributed by atoms with Gasteiger partial charge < -0.3 is 14.2 Å². The van der Waals surface area contributed by atoms with Gasteiger partial charge in [0.05, 0.1) is 13.7 Å². The second-order valence-corrected chi connectivity index (χ2v) is 7.78. The number of hydrogen-bond donors (Lipinski definition) is 0. The summed E-state index contributed by atoms with van der Waals surface area (Å²) in [6.45, 7) is 2.71. The maximum absolute atomic E-state index is 12.4. The Hall–Kier alpha value is -2.83. The van der Waals surface area contributed by atoms with Crippen LogP contribution in [0.4, 0.5) is 4.79 Å². The van der Waals surface area contributed by atoms with Crippen molar-refractivity contribution < 1.29 is 28.6 Å². The predicted octanol–water partition coefficient (Wildman–Crippen LogP) is 3.48. The standard InChI is InChI=1S/C23H29NO6/c1-3-29-22(26)20-13-19-11-17(9-10-18(19)14-24(20)23(27)28-2)12-21(25)30-15-16-7-5-4-6-8-16/h4-8,12,18-20H,3,9-11,13-15H2,1-2H3/b17-12-. The molecule has 1 aliphatic heterocycles. The van der Waals surface area contributed by atoms with Gasteiger partial charge in [0.25, 0.3) is 0 Å². The second kappa shape index (κ2) is 10.3. The average Bonchev–Trinajstić information content (AvgIpc) is 2.77. The van der Waals surface area contributed by atoms with Crippen molar-refractivity contribution in [3.63, 3.8) is 0 Å². The van der Waals surface area contributed by atoms with Crippen molar-refractivity contribution >= 4 is 18.0 Å². The van der Waals surface area contributed by atoms with Crippen LogP contribution in [-0.2, 0) is 30.4 Å². The lowest BCUT2D eigenvalue weighted by atomic mass is 9.71. The van der Waals surface area contributed by atoms with E-state index in [9.17, 15) is 14.4 Å². The van der Waals surface area contributed by atoms with Crippen molar-refractivity contribution in [2.24, 2.45) is 11.8 Å². The molecule has 3 unspecified atom stereocenters. The van der Waals surface area contributed by atoms with Crippen LogP contribution in [0.3, 0.4) is 0 Å². The van der Waals surface area contributed by atoms with Crippen LogP contribution < -0.4 is 0 Å². The quantitative estimate of drug-likeness (QED) is 0.416. The van der Waals surface area contributed by atoms with E-state index in [0.717, 1.165) is 30.4 Å². The average molecular weight is 415 g/mol. The van der Waals surface area contributed by atoms with Gasteiger partial charge in [0.15, 0.2) is 0 Å². The lowest BCUT2D eigenvalue weighted by molar-refractivity contribution is -0.152. The fourth-order valence-electron chi connectivity index (χ4n) is 4.37. The summed E-state index contributed by atoms with van der Waals surface area (Å²) in [5.74, 6) is -0.268. The number of carbonyl (C=O) groups is 3. The van der Waals surface area contributed by atoms with E-state index in [1.807, 2.05) is 30.3 Å². The van der Waals surface area contributed by atoms with Gasteiger partial charge in [-0.05, 0) is 50.0 Å². The first-order valence-corrected chi connectivity index (χ1v) is 10.4. The van der Waals surface area contributed by atoms with Crippen molar-refractivity contribution in [2.75, 3.05) is 20.3 Å². The van der Waals surface area contributed by atoms with Gasteiger partial charge in [-0.25, -0.2) is 14.4 Å². The molecule has 3 rings (SSSR count). The molecule has 1 amide bonds. The largest absolute Gasteiger partial charge is 0.464 e. The number of ether oxygens (including phenoxy) is 3. The normalized spacial score (nSPS) is 24.7. The van der Waals surface area contributed by atoms with Gasteiger partial charge in [-0.15, -0.1) is 0 Å². The first-order valence-electron chi connectivity index (χ1n) is 10.4. The summed E-state index contributed by atoms with van der Waals surface area (Å²) < 4.78 is 15.4. The van der Waals surface area contributed by atoms with Crippen LogP contribution >= 0.6 is 0 Å². The van der Waals surface area contributed by atoms with Crippen molar-refractivity contribution in [1.82, 2.24) is 4.90 Å². The van der Waals surface area contributed by atoms with E-state index in [-0.39, 0.29) is 31.0 Å². The van der Waals surface area contributed by atoms with Gasteiger partial charge >= 0.3 is 18.0 Å². The SMILES string of the molecule is CCOC(=O)C1CC2C/C(=C\C(=O)OCc3ccccc3)CCC2CN1C(=O)OC. The summed E-state index contributed by atoms with van der Waals surface area (Å²) in [5, 5.41) is 0. The first-order chi connectivity index (χ1) is 14.5. The molecule has 2 aliphatic rings. The molecule has 1 aromatic rings. The number of nitrogens with zero attached hydrogens (tertiary/aromatic N) is 1. The van der Waals surface area contributed by atoms with Crippen LogP contribution in [0, 0.1) is 11.8 Å². The summed E-state index contributed by atoms with van der Waals surface area (Å²) in [5.41, 5.74) is 1.98. The van der Waals surface area contributed by atoms with Crippen LogP contribution in [0.2, 0.25) is 0 Å². The number of carbonyl (C=O) groups excluding carboxylic acids is 3. The summed E-state index contributed by atoms with van der Waals surface area (Å²) in [4.78, 5) is 38.3. The van der Waals surface area contributed by atoms with E-state index in [1.54, 1.807) is 13.0 Å². The molecule has 3 atom stereocenters. The highest BCUT2D eigenvalue weighted by molar-refractivity contribution is 5.83. The van der Waals surface area contributed by atoms with Crippen LogP contribution in [0.1, 0.15) is 38.2 Å². The monoisotopic (exact) mass is 415 g/mol. The molecular weight excluding hydrogens is 386 g/mol. The van der Waals surface area contributed by atoms with Gasteiger partial charge in [-0.2, -0.15) is 0 Å². The minimum Gasteiger partial charge on any atom is -0.464 e. The van der Waals surface area contributed by atoms with Gasteiger partial charge in [0.1, 0.15) is 12.6 Å². The van der Waals surface area contributed by atoms with Gasteiger partial charge in [-0.3, -0.25) is 4.90 Å². The highest BCUT2D eigenvalue weighted by Crippen LogP contribution is 2.41. The Morgan fingerprint density at radius 1 is 1.13 bits per heavy atom. The number of hydrogen-bond acceptors (Lipinski definition) is 6. The summed E-state index contributed by atoms with van der Waals surface area (Å²) in [7, 11) is 1.32. The molecule has 0 radical (unpaired) electrons. The van der Waals surface area contributed by atoms with Gasteiger partial charge in [0.2, 0.25) is 0 Å². The van der Waals surface area contributed by atoms with Crippen LogP contribution in [0.15, 0.2) is 42.0 Å². The molecular formula is C23H29NO6. The molecule has 1 saturated heterocycles. The number of fused-ring (bicyclic) bond motifs is 1. The highest BCUT2D eigenvalue weighted by atomic mass is 16.6. The molecule has 0 N–H and O–H groups in total. The molecule has 1 saturated carbocycles. The Balaban J connectivity index is 1.62. The third-order valence-corrected chi connectivity index (χ3v) is 5.87. The van der Waals surface area contributed by atoms with Crippen LogP contribution in [0.5, 0.6) is 0 Å². The fourth-order valence-corrected chi connectivity index (χ4v) is 4.37. The van der Waals surface area contributed by atoms with Crippen molar-refractivity contribution in [1.29, 1.82) is 0 Å². The molecule has 1 heterocycles. The molecule has 1 aliphatic carbocycles. The van der Waals surface area contributed by atoms with E-state index >= 15 is 0 Å². The van der Waals surface area contributed by atoms with E-state index in [4.69, 9.17) is 14.2 Å². The smallest absolute Gasteiger partial charge is 0.410 e. The number of methoxy groups -OCH3 is 1. The molecule has 0 bridgehead atoms. The second-order valence-electron chi connectivity index (χ2n) is 7.78. The van der Waals surface area contributed by atoms with E-state index in [1.165, 1.54) is 12.0 Å². The number of esters is 2. The Labute approximate surface area is 177 Å². The molecule has 1 aromatic carbocycles. The van der Waals surface area contributed by atoms with E-state index in [2.05, 4.69) is 0 Å². The maximum Gasteiger partial charge on any atom is 0.410 e. The lowest BCUT2D eigenvalue weighted by Gasteiger charge is -2.44. The first kappa shape index (κ1) is 21.9. The molecule has 30 heavy (non-hydrogen) atoms. The Morgan fingerprint density at radius 3 is 2.60 bits per heavy atom. The summed E-state index contributed by atoms with van der Waals surface area (Å²) >= 11 is 0. The molecule has 0 aromatic heterocycles. The lowest BCUT2D eigenvalue weighted by Crippen LogP contribution is -2.54.